The Hall–Kier alpha value is -0.650. The number of carbonyl (C=O) groups excluding carboxylic acids is 1. The van der Waals surface area contributed by atoms with Crippen molar-refractivity contribution in [2.45, 2.75) is 44.8 Å². The van der Waals surface area contributed by atoms with Crippen LogP contribution in [0.1, 0.15) is 32.6 Å². The van der Waals surface area contributed by atoms with Gasteiger partial charge >= 0.3 is 0 Å². The zero-order chi connectivity index (χ0) is 12.5. The van der Waals surface area contributed by atoms with Crippen LogP contribution in [0.2, 0.25) is 0 Å². The van der Waals surface area contributed by atoms with Crippen molar-refractivity contribution >= 4 is 5.91 Å². The smallest absolute Gasteiger partial charge is 0.234 e. The van der Waals surface area contributed by atoms with E-state index in [-0.39, 0.29) is 18.1 Å². The third-order valence-corrected chi connectivity index (χ3v) is 2.86. The monoisotopic (exact) mass is 244 g/mol. The molecule has 0 aromatic rings. The van der Waals surface area contributed by atoms with Gasteiger partial charge in [-0.15, -0.1) is 0 Å². The summed E-state index contributed by atoms with van der Waals surface area (Å²) in [5.74, 6) is -0.306. The standard InChI is InChI=1S/C12H24N2O3/c1-2-6-14-11(12(13)15)5-8-16-9-10-4-3-7-17-10/h10-11,14H,2-9H2,1H3,(H2,13,15). The fraction of sp³-hybridized carbons (Fsp3) is 0.917. The summed E-state index contributed by atoms with van der Waals surface area (Å²) in [5, 5.41) is 3.11. The SMILES string of the molecule is CCCNC(CCOCC1CCCO1)C(N)=O. The second-order valence-corrected chi connectivity index (χ2v) is 4.41. The van der Waals surface area contributed by atoms with Gasteiger partial charge in [-0.3, -0.25) is 4.79 Å². The molecule has 5 heteroatoms. The number of rotatable bonds is 9. The second-order valence-electron chi connectivity index (χ2n) is 4.41. The van der Waals surface area contributed by atoms with E-state index in [4.69, 9.17) is 15.2 Å². The Labute approximate surface area is 103 Å². The highest BCUT2D eigenvalue weighted by Crippen LogP contribution is 2.12. The minimum Gasteiger partial charge on any atom is -0.379 e. The van der Waals surface area contributed by atoms with Crippen LogP contribution < -0.4 is 11.1 Å². The summed E-state index contributed by atoms with van der Waals surface area (Å²) in [6, 6.07) is -0.278. The van der Waals surface area contributed by atoms with Gasteiger partial charge < -0.3 is 20.5 Å². The first-order chi connectivity index (χ1) is 8.24. The van der Waals surface area contributed by atoms with E-state index in [0.717, 1.165) is 32.4 Å². The minimum atomic E-state index is -0.306. The molecular formula is C12H24N2O3. The first kappa shape index (κ1) is 14.4. The maximum absolute atomic E-state index is 11.1. The molecule has 0 aliphatic carbocycles. The Kier molecular flexibility index (Phi) is 7.16. The van der Waals surface area contributed by atoms with Gasteiger partial charge in [0.2, 0.25) is 5.91 Å². The Bertz CT molecular complexity index is 218. The van der Waals surface area contributed by atoms with E-state index >= 15 is 0 Å². The lowest BCUT2D eigenvalue weighted by Crippen LogP contribution is -2.42. The van der Waals surface area contributed by atoms with E-state index in [1.54, 1.807) is 0 Å². The molecule has 2 atom stereocenters. The largest absolute Gasteiger partial charge is 0.379 e. The van der Waals surface area contributed by atoms with E-state index < -0.39 is 0 Å². The van der Waals surface area contributed by atoms with E-state index in [0.29, 0.717) is 19.6 Å². The Balaban J connectivity index is 2.06. The number of carbonyl (C=O) groups is 1. The Morgan fingerprint density at radius 2 is 2.47 bits per heavy atom. The van der Waals surface area contributed by atoms with Gasteiger partial charge in [-0.2, -0.15) is 0 Å². The highest BCUT2D eigenvalue weighted by atomic mass is 16.5. The zero-order valence-corrected chi connectivity index (χ0v) is 10.6. The molecule has 1 aliphatic heterocycles. The first-order valence-electron chi connectivity index (χ1n) is 6.46. The van der Waals surface area contributed by atoms with E-state index in [9.17, 15) is 4.79 Å². The van der Waals surface area contributed by atoms with Crippen molar-refractivity contribution in [3.05, 3.63) is 0 Å². The van der Waals surface area contributed by atoms with Gasteiger partial charge in [-0.1, -0.05) is 6.92 Å². The van der Waals surface area contributed by atoms with Crippen molar-refractivity contribution in [3.8, 4) is 0 Å². The Morgan fingerprint density at radius 1 is 1.65 bits per heavy atom. The van der Waals surface area contributed by atoms with Gasteiger partial charge in [0.15, 0.2) is 0 Å². The average Bonchev–Trinajstić information content (AvgIpc) is 2.80. The van der Waals surface area contributed by atoms with Crippen LogP contribution in [0.15, 0.2) is 0 Å². The number of amides is 1. The molecule has 1 aliphatic rings. The van der Waals surface area contributed by atoms with Crippen molar-refractivity contribution in [2.24, 2.45) is 5.73 Å². The molecule has 1 heterocycles. The lowest BCUT2D eigenvalue weighted by Gasteiger charge is -2.15. The maximum atomic E-state index is 11.1. The lowest BCUT2D eigenvalue weighted by molar-refractivity contribution is -0.120. The molecule has 17 heavy (non-hydrogen) atoms. The third kappa shape index (κ3) is 6.00. The van der Waals surface area contributed by atoms with Crippen LogP contribution in [0.3, 0.4) is 0 Å². The summed E-state index contributed by atoms with van der Waals surface area (Å²) in [5.41, 5.74) is 5.30. The summed E-state index contributed by atoms with van der Waals surface area (Å²) < 4.78 is 10.9. The fourth-order valence-electron chi connectivity index (χ4n) is 1.86. The van der Waals surface area contributed by atoms with Crippen molar-refractivity contribution in [1.82, 2.24) is 5.32 Å². The number of hydrogen-bond acceptors (Lipinski definition) is 4. The molecule has 100 valence electrons. The molecule has 1 fully saturated rings. The topological polar surface area (TPSA) is 73.6 Å². The van der Waals surface area contributed by atoms with E-state index in [1.807, 2.05) is 0 Å². The molecule has 0 aromatic heterocycles. The first-order valence-corrected chi connectivity index (χ1v) is 6.46. The fourth-order valence-corrected chi connectivity index (χ4v) is 1.86. The number of primary amides is 1. The predicted octanol–water partition coefficient (Wildman–Crippen LogP) is 0.426. The molecule has 1 amide bonds. The van der Waals surface area contributed by atoms with Gasteiger partial charge in [0, 0.05) is 13.2 Å². The summed E-state index contributed by atoms with van der Waals surface area (Å²) in [6.07, 6.45) is 4.05. The van der Waals surface area contributed by atoms with E-state index in [2.05, 4.69) is 12.2 Å². The minimum absolute atomic E-state index is 0.241. The average molecular weight is 244 g/mol. The molecule has 1 saturated heterocycles. The normalized spacial score (nSPS) is 21.6. The van der Waals surface area contributed by atoms with Gasteiger partial charge in [-0.05, 0) is 32.2 Å². The number of hydrogen-bond donors (Lipinski definition) is 2. The van der Waals surface area contributed by atoms with Crippen molar-refractivity contribution in [1.29, 1.82) is 0 Å². The van der Waals surface area contributed by atoms with Crippen LogP contribution in [-0.2, 0) is 14.3 Å². The zero-order valence-electron chi connectivity index (χ0n) is 10.6. The molecule has 0 aromatic carbocycles. The van der Waals surface area contributed by atoms with E-state index in [1.165, 1.54) is 0 Å². The van der Waals surface area contributed by atoms with Gasteiger partial charge in [0.25, 0.3) is 0 Å². The molecule has 0 radical (unpaired) electrons. The van der Waals surface area contributed by atoms with Crippen molar-refractivity contribution < 1.29 is 14.3 Å². The highest BCUT2D eigenvalue weighted by molar-refractivity contribution is 5.79. The molecule has 2 unspecified atom stereocenters. The van der Waals surface area contributed by atoms with Crippen molar-refractivity contribution in [3.63, 3.8) is 0 Å². The van der Waals surface area contributed by atoms with Crippen LogP contribution in [0.4, 0.5) is 0 Å². The molecule has 0 bridgehead atoms. The quantitative estimate of drug-likeness (QED) is 0.577. The maximum Gasteiger partial charge on any atom is 0.234 e. The molecular weight excluding hydrogens is 220 g/mol. The molecule has 1 rings (SSSR count). The number of nitrogens with one attached hydrogen (secondary N) is 1. The van der Waals surface area contributed by atoms with Crippen molar-refractivity contribution in [2.75, 3.05) is 26.4 Å². The molecule has 0 saturated carbocycles. The highest BCUT2D eigenvalue weighted by Gasteiger charge is 2.17. The number of nitrogens with two attached hydrogens (primary N) is 1. The molecule has 3 N–H and O–H groups in total. The van der Waals surface area contributed by atoms with Gasteiger partial charge in [-0.25, -0.2) is 0 Å². The van der Waals surface area contributed by atoms with Crippen LogP contribution in [-0.4, -0.2) is 44.4 Å². The van der Waals surface area contributed by atoms with Crippen LogP contribution in [0.25, 0.3) is 0 Å². The van der Waals surface area contributed by atoms with Crippen LogP contribution >= 0.6 is 0 Å². The molecule has 5 nitrogen and oxygen atoms in total. The van der Waals surface area contributed by atoms with Gasteiger partial charge in [0.05, 0.1) is 18.8 Å². The number of ether oxygens (including phenoxy) is 2. The second kappa shape index (κ2) is 8.44. The summed E-state index contributed by atoms with van der Waals surface area (Å²) in [6.45, 7) is 4.87. The van der Waals surface area contributed by atoms with Gasteiger partial charge in [0.1, 0.15) is 0 Å². The summed E-state index contributed by atoms with van der Waals surface area (Å²) in [4.78, 5) is 11.1. The lowest BCUT2D eigenvalue weighted by atomic mass is 10.2. The molecule has 0 spiro atoms. The third-order valence-electron chi connectivity index (χ3n) is 2.86. The Morgan fingerprint density at radius 3 is 3.06 bits per heavy atom. The predicted molar refractivity (Wildman–Crippen MR) is 65.7 cm³/mol. The van der Waals surface area contributed by atoms with Crippen LogP contribution in [0.5, 0.6) is 0 Å². The summed E-state index contributed by atoms with van der Waals surface area (Å²) in [7, 11) is 0. The van der Waals surface area contributed by atoms with Crippen LogP contribution in [0, 0.1) is 0 Å². The summed E-state index contributed by atoms with van der Waals surface area (Å²) >= 11 is 0.